The van der Waals surface area contributed by atoms with Crippen LogP contribution in [0.15, 0.2) is 51.8 Å². The monoisotopic (exact) mass is 371 g/mol. The van der Waals surface area contributed by atoms with Crippen molar-refractivity contribution >= 4 is 43.1 Å². The van der Waals surface area contributed by atoms with Crippen molar-refractivity contribution in [3.63, 3.8) is 0 Å². The molecule has 0 spiro atoms. The molecule has 1 aliphatic heterocycles. The summed E-state index contributed by atoms with van der Waals surface area (Å²) < 4.78 is 25.1. The van der Waals surface area contributed by atoms with Crippen LogP contribution in [0.4, 0.5) is 5.69 Å². The number of benzene rings is 2. The highest BCUT2D eigenvalue weighted by atomic mass is 79.9. The molecule has 0 radical (unpaired) electrons. The highest BCUT2D eigenvalue weighted by Gasteiger charge is 2.34. The topological polar surface area (TPSA) is 46.2 Å². The third-order valence-corrected chi connectivity index (χ3v) is 6.01. The van der Waals surface area contributed by atoms with Gasteiger partial charge in [-0.25, -0.2) is 8.42 Å². The van der Waals surface area contributed by atoms with Crippen molar-refractivity contribution in [2.45, 2.75) is 10.9 Å². The summed E-state index contributed by atoms with van der Waals surface area (Å²) in [5.74, 6) is 0.0608. The summed E-state index contributed by atoms with van der Waals surface area (Å²) in [6, 6.07) is 12.2. The minimum absolute atomic E-state index is 0.0608. The van der Waals surface area contributed by atoms with Gasteiger partial charge in [0.05, 0.1) is 22.4 Å². The fraction of sp³-hybridized carbons (Fsp3) is 0.143. The summed E-state index contributed by atoms with van der Waals surface area (Å²) in [6.45, 7) is 0. The van der Waals surface area contributed by atoms with Crippen molar-refractivity contribution in [1.82, 2.24) is 0 Å². The van der Waals surface area contributed by atoms with E-state index in [1.165, 1.54) is 0 Å². The Hall–Kier alpha value is -1.04. The maximum atomic E-state index is 12.1. The van der Waals surface area contributed by atoms with Crippen LogP contribution in [0.2, 0.25) is 5.02 Å². The molecule has 0 bridgehead atoms. The van der Waals surface area contributed by atoms with E-state index >= 15 is 0 Å². The van der Waals surface area contributed by atoms with Gasteiger partial charge in [0, 0.05) is 9.50 Å². The highest BCUT2D eigenvalue weighted by molar-refractivity contribution is 9.10. The molecule has 2 aromatic rings. The molecule has 6 heteroatoms. The van der Waals surface area contributed by atoms with Crippen LogP contribution in [-0.4, -0.2) is 14.2 Å². The first-order valence-corrected chi connectivity index (χ1v) is 8.83. The van der Waals surface area contributed by atoms with E-state index in [1.54, 1.807) is 24.3 Å². The minimum atomic E-state index is -3.21. The zero-order valence-corrected chi connectivity index (χ0v) is 13.5. The first-order chi connectivity index (χ1) is 9.47. The Bertz CT molecular complexity index is 776. The summed E-state index contributed by atoms with van der Waals surface area (Å²) in [5.41, 5.74) is 1.59. The lowest BCUT2D eigenvalue weighted by Gasteiger charge is -2.15. The van der Waals surface area contributed by atoms with Crippen molar-refractivity contribution in [2.75, 3.05) is 11.1 Å². The summed E-state index contributed by atoms with van der Waals surface area (Å²) in [6.07, 6.45) is 0. The molecule has 0 aromatic heterocycles. The van der Waals surface area contributed by atoms with Gasteiger partial charge in [0.2, 0.25) is 0 Å². The Balaban J connectivity index is 2.00. The zero-order valence-electron chi connectivity index (χ0n) is 10.3. The first-order valence-electron chi connectivity index (χ1n) is 6.01. The molecule has 0 saturated carbocycles. The van der Waals surface area contributed by atoms with Crippen LogP contribution in [-0.2, 0) is 9.84 Å². The van der Waals surface area contributed by atoms with Crippen LogP contribution in [0, 0.1) is 0 Å². The SMILES string of the molecule is O=S1(=O)CC(Nc2cc(Cl)ccc2Br)c2ccccc21. The van der Waals surface area contributed by atoms with Gasteiger partial charge in [-0.3, -0.25) is 0 Å². The summed E-state index contributed by atoms with van der Waals surface area (Å²) in [4.78, 5) is 0.413. The van der Waals surface area contributed by atoms with Crippen LogP contribution in [0.25, 0.3) is 0 Å². The number of sulfone groups is 1. The highest BCUT2D eigenvalue weighted by Crippen LogP contribution is 2.37. The van der Waals surface area contributed by atoms with Crippen LogP contribution in [0.3, 0.4) is 0 Å². The van der Waals surface area contributed by atoms with Crippen LogP contribution < -0.4 is 5.32 Å². The van der Waals surface area contributed by atoms with E-state index in [0.29, 0.717) is 9.92 Å². The van der Waals surface area contributed by atoms with Gasteiger partial charge in [0.15, 0.2) is 9.84 Å². The van der Waals surface area contributed by atoms with E-state index in [9.17, 15) is 8.42 Å². The Labute approximate surface area is 131 Å². The molecule has 1 heterocycles. The average molecular weight is 373 g/mol. The van der Waals surface area contributed by atoms with Gasteiger partial charge in [-0.05, 0) is 45.8 Å². The van der Waals surface area contributed by atoms with E-state index in [2.05, 4.69) is 21.2 Å². The van der Waals surface area contributed by atoms with Gasteiger partial charge in [0.25, 0.3) is 0 Å². The molecule has 0 saturated heterocycles. The van der Waals surface area contributed by atoms with E-state index in [1.807, 2.05) is 18.2 Å². The lowest BCUT2D eigenvalue weighted by Crippen LogP contribution is -2.13. The summed E-state index contributed by atoms with van der Waals surface area (Å²) in [5, 5.41) is 3.85. The molecule has 0 amide bonds. The number of halogens is 2. The largest absolute Gasteiger partial charge is 0.376 e. The molecule has 3 nitrogen and oxygen atoms in total. The molecule has 1 aliphatic rings. The van der Waals surface area contributed by atoms with Crippen molar-refractivity contribution in [3.05, 3.63) is 57.5 Å². The molecule has 1 atom stereocenters. The van der Waals surface area contributed by atoms with Crippen molar-refractivity contribution in [1.29, 1.82) is 0 Å². The smallest absolute Gasteiger partial charge is 0.181 e. The van der Waals surface area contributed by atoms with Gasteiger partial charge in [0.1, 0.15) is 0 Å². The number of rotatable bonds is 2. The zero-order chi connectivity index (χ0) is 14.3. The van der Waals surface area contributed by atoms with Crippen LogP contribution >= 0.6 is 27.5 Å². The first kappa shape index (κ1) is 13.9. The molecule has 3 rings (SSSR count). The Morgan fingerprint density at radius 2 is 1.95 bits per heavy atom. The predicted octanol–water partition coefficient (Wildman–Crippen LogP) is 4.04. The van der Waals surface area contributed by atoms with Crippen LogP contribution in [0.5, 0.6) is 0 Å². The van der Waals surface area contributed by atoms with Gasteiger partial charge in [-0.2, -0.15) is 0 Å². The predicted molar refractivity (Wildman–Crippen MR) is 84.0 cm³/mol. The quantitative estimate of drug-likeness (QED) is 0.865. The van der Waals surface area contributed by atoms with E-state index in [4.69, 9.17) is 11.6 Å². The van der Waals surface area contributed by atoms with Crippen LogP contribution in [0.1, 0.15) is 11.6 Å². The maximum absolute atomic E-state index is 12.1. The lowest BCUT2D eigenvalue weighted by molar-refractivity contribution is 0.598. The van der Waals surface area contributed by atoms with E-state index in [0.717, 1.165) is 15.7 Å². The number of nitrogens with one attached hydrogen (secondary N) is 1. The van der Waals surface area contributed by atoms with Gasteiger partial charge in [-0.15, -0.1) is 0 Å². The normalized spacial score (nSPS) is 19.6. The van der Waals surface area contributed by atoms with Gasteiger partial charge >= 0.3 is 0 Å². The molecule has 20 heavy (non-hydrogen) atoms. The third-order valence-electron chi connectivity index (χ3n) is 3.27. The van der Waals surface area contributed by atoms with Crippen molar-refractivity contribution in [3.8, 4) is 0 Å². The standard InChI is InChI=1S/C14H11BrClNO2S/c15-11-6-5-9(16)7-12(11)17-13-8-20(18,19)14-4-2-1-3-10(13)14/h1-7,13,17H,8H2. The molecule has 2 aromatic carbocycles. The third kappa shape index (κ3) is 2.45. The second-order valence-corrected chi connectivity index (χ2v) is 7.93. The van der Waals surface area contributed by atoms with E-state index < -0.39 is 9.84 Å². The molecule has 1 N–H and O–H groups in total. The van der Waals surface area contributed by atoms with E-state index in [-0.39, 0.29) is 11.8 Å². The second-order valence-electron chi connectivity index (χ2n) is 4.64. The molecule has 0 aliphatic carbocycles. The fourth-order valence-electron chi connectivity index (χ4n) is 2.37. The Morgan fingerprint density at radius 3 is 2.75 bits per heavy atom. The molecule has 1 unspecified atom stereocenters. The molecule has 0 fully saturated rings. The minimum Gasteiger partial charge on any atom is -0.376 e. The molecular formula is C14H11BrClNO2S. The lowest BCUT2D eigenvalue weighted by atomic mass is 10.1. The number of hydrogen-bond donors (Lipinski definition) is 1. The van der Waals surface area contributed by atoms with Gasteiger partial charge in [-0.1, -0.05) is 29.8 Å². The second kappa shape index (κ2) is 5.06. The number of anilines is 1. The number of hydrogen-bond acceptors (Lipinski definition) is 3. The van der Waals surface area contributed by atoms with Crippen molar-refractivity contribution in [2.24, 2.45) is 0 Å². The Morgan fingerprint density at radius 1 is 1.20 bits per heavy atom. The van der Waals surface area contributed by atoms with Gasteiger partial charge < -0.3 is 5.32 Å². The summed E-state index contributed by atoms with van der Waals surface area (Å²) >= 11 is 9.42. The molecule has 104 valence electrons. The number of fused-ring (bicyclic) bond motifs is 1. The maximum Gasteiger partial charge on any atom is 0.181 e. The molecular weight excluding hydrogens is 362 g/mol. The summed E-state index contributed by atoms with van der Waals surface area (Å²) in [7, 11) is -3.21. The van der Waals surface area contributed by atoms with Crippen molar-refractivity contribution < 1.29 is 8.42 Å². The average Bonchev–Trinajstić information content (AvgIpc) is 2.66. The Kier molecular flexibility index (Phi) is 3.52. The fourth-order valence-corrected chi connectivity index (χ4v) is 4.64.